The number of methoxy groups -OCH3 is 1. The minimum atomic E-state index is -0.295. The minimum absolute atomic E-state index is 0.260. The number of piperidine rings is 1. The van der Waals surface area contributed by atoms with Crippen molar-refractivity contribution in [2.75, 3.05) is 12.0 Å². The number of hydrogen-bond acceptors (Lipinski definition) is 3. The monoisotopic (exact) mass is 249 g/mol. The number of rotatable bonds is 2. The van der Waals surface area contributed by atoms with Crippen LogP contribution in [0.15, 0.2) is 18.2 Å². The molecular weight excluding hydrogens is 233 g/mol. The Morgan fingerprint density at radius 2 is 1.94 bits per heavy atom. The summed E-state index contributed by atoms with van der Waals surface area (Å²) in [6.45, 7) is 0. The third-order valence-electron chi connectivity index (χ3n) is 3.97. The van der Waals surface area contributed by atoms with E-state index in [2.05, 4.69) is 4.90 Å². The molecule has 2 saturated heterocycles. The van der Waals surface area contributed by atoms with Crippen molar-refractivity contribution in [3.8, 4) is 5.75 Å². The van der Waals surface area contributed by atoms with Gasteiger partial charge in [0.2, 0.25) is 0 Å². The predicted molar refractivity (Wildman–Crippen MR) is 66.5 cm³/mol. The van der Waals surface area contributed by atoms with E-state index in [9.17, 15) is 9.18 Å². The molecule has 96 valence electrons. The average Bonchev–Trinajstić information content (AvgIpc) is 2.62. The Hall–Kier alpha value is -1.58. The molecule has 1 aromatic carbocycles. The Morgan fingerprint density at radius 1 is 1.28 bits per heavy atom. The fourth-order valence-corrected chi connectivity index (χ4v) is 3.23. The van der Waals surface area contributed by atoms with Crippen molar-refractivity contribution in [1.82, 2.24) is 0 Å². The predicted octanol–water partition coefficient (Wildman–Crippen LogP) is 2.53. The number of carbonyl (C=O) groups is 1. The van der Waals surface area contributed by atoms with Gasteiger partial charge in [-0.15, -0.1) is 0 Å². The van der Waals surface area contributed by atoms with Gasteiger partial charge < -0.3 is 9.64 Å². The van der Waals surface area contributed by atoms with Gasteiger partial charge in [0.05, 0.1) is 12.8 Å². The van der Waals surface area contributed by atoms with E-state index in [-0.39, 0.29) is 17.9 Å². The van der Waals surface area contributed by atoms with Gasteiger partial charge in [0, 0.05) is 31.0 Å². The molecule has 2 fully saturated rings. The molecule has 0 spiro atoms. The van der Waals surface area contributed by atoms with Crippen molar-refractivity contribution >= 4 is 11.5 Å². The van der Waals surface area contributed by atoms with Gasteiger partial charge in [-0.1, -0.05) is 0 Å². The zero-order valence-corrected chi connectivity index (χ0v) is 10.4. The first-order valence-corrected chi connectivity index (χ1v) is 6.32. The topological polar surface area (TPSA) is 29.5 Å². The quantitative estimate of drug-likeness (QED) is 0.806. The van der Waals surface area contributed by atoms with E-state index >= 15 is 0 Å². The number of carbonyl (C=O) groups excluding carboxylic acids is 1. The molecule has 2 aliphatic heterocycles. The van der Waals surface area contributed by atoms with Crippen LogP contribution in [-0.2, 0) is 4.79 Å². The first-order valence-electron chi connectivity index (χ1n) is 6.32. The lowest BCUT2D eigenvalue weighted by molar-refractivity contribution is -0.120. The molecule has 2 heterocycles. The molecular formula is C14H16FNO2. The SMILES string of the molecule is COc1cc(F)ccc1N1C2CCC1CC(=O)C2. The average molecular weight is 249 g/mol. The molecule has 2 unspecified atom stereocenters. The maximum Gasteiger partial charge on any atom is 0.145 e. The zero-order chi connectivity index (χ0) is 12.7. The van der Waals surface area contributed by atoms with Crippen molar-refractivity contribution in [1.29, 1.82) is 0 Å². The van der Waals surface area contributed by atoms with Crippen LogP contribution >= 0.6 is 0 Å². The number of nitrogens with zero attached hydrogens (tertiary/aromatic N) is 1. The lowest BCUT2D eigenvalue weighted by Crippen LogP contribution is -2.43. The number of benzene rings is 1. The van der Waals surface area contributed by atoms with Crippen LogP contribution < -0.4 is 9.64 Å². The molecule has 18 heavy (non-hydrogen) atoms. The van der Waals surface area contributed by atoms with Gasteiger partial charge in [0.1, 0.15) is 17.3 Å². The second-order valence-corrected chi connectivity index (χ2v) is 5.06. The van der Waals surface area contributed by atoms with Crippen LogP contribution in [0, 0.1) is 5.82 Å². The van der Waals surface area contributed by atoms with Crippen LogP contribution in [0.4, 0.5) is 10.1 Å². The second kappa shape index (κ2) is 4.26. The highest BCUT2D eigenvalue weighted by Gasteiger charge is 2.41. The van der Waals surface area contributed by atoms with Crippen LogP contribution in [0.25, 0.3) is 0 Å². The van der Waals surface area contributed by atoms with Gasteiger partial charge in [-0.25, -0.2) is 4.39 Å². The molecule has 0 N–H and O–H groups in total. The molecule has 0 aromatic heterocycles. The zero-order valence-electron chi connectivity index (χ0n) is 10.4. The third kappa shape index (κ3) is 1.76. The normalized spacial score (nSPS) is 26.6. The lowest BCUT2D eigenvalue weighted by Gasteiger charge is -2.36. The van der Waals surface area contributed by atoms with Crippen molar-refractivity contribution in [2.45, 2.75) is 37.8 Å². The number of ketones is 1. The van der Waals surface area contributed by atoms with E-state index in [1.165, 1.54) is 12.1 Å². The molecule has 0 saturated carbocycles. The summed E-state index contributed by atoms with van der Waals surface area (Å²) in [6, 6.07) is 5.14. The number of Topliss-reactive ketones (excluding diaryl/α,β-unsaturated/α-hetero) is 1. The number of ether oxygens (including phenoxy) is 1. The second-order valence-electron chi connectivity index (χ2n) is 5.06. The van der Waals surface area contributed by atoms with E-state index < -0.39 is 0 Å². The molecule has 3 nitrogen and oxygen atoms in total. The molecule has 3 rings (SSSR count). The van der Waals surface area contributed by atoms with Crippen LogP contribution in [0.5, 0.6) is 5.75 Å². The van der Waals surface area contributed by atoms with Gasteiger partial charge in [-0.3, -0.25) is 4.79 Å². The molecule has 2 atom stereocenters. The Labute approximate surface area is 106 Å². The fourth-order valence-electron chi connectivity index (χ4n) is 3.23. The number of fused-ring (bicyclic) bond motifs is 2. The maximum absolute atomic E-state index is 13.2. The molecule has 1 aromatic rings. The van der Waals surface area contributed by atoms with Crippen LogP contribution in [0.3, 0.4) is 0 Å². The maximum atomic E-state index is 13.2. The van der Waals surface area contributed by atoms with E-state index in [4.69, 9.17) is 4.74 Å². The highest BCUT2D eigenvalue weighted by Crippen LogP contribution is 2.41. The summed E-state index contributed by atoms with van der Waals surface area (Å²) in [5.41, 5.74) is 0.916. The fraction of sp³-hybridized carbons (Fsp3) is 0.500. The van der Waals surface area contributed by atoms with Gasteiger partial charge in [-0.05, 0) is 25.0 Å². The Bertz CT molecular complexity index is 473. The Balaban J connectivity index is 1.98. The molecule has 2 aliphatic rings. The van der Waals surface area contributed by atoms with E-state index in [0.717, 1.165) is 18.5 Å². The summed E-state index contributed by atoms with van der Waals surface area (Å²) in [6.07, 6.45) is 3.29. The number of anilines is 1. The van der Waals surface area contributed by atoms with Gasteiger partial charge in [0.15, 0.2) is 0 Å². The molecule has 0 radical (unpaired) electrons. The third-order valence-corrected chi connectivity index (χ3v) is 3.97. The summed E-state index contributed by atoms with van der Waals surface area (Å²) in [4.78, 5) is 13.8. The van der Waals surface area contributed by atoms with Crippen LogP contribution in [0.2, 0.25) is 0 Å². The Morgan fingerprint density at radius 3 is 2.56 bits per heavy atom. The molecule has 2 bridgehead atoms. The van der Waals surface area contributed by atoms with E-state index in [1.807, 2.05) is 0 Å². The molecule has 0 amide bonds. The van der Waals surface area contributed by atoms with Crippen molar-refractivity contribution in [2.24, 2.45) is 0 Å². The summed E-state index contributed by atoms with van der Waals surface area (Å²) >= 11 is 0. The number of halogens is 1. The van der Waals surface area contributed by atoms with E-state index in [1.54, 1.807) is 13.2 Å². The smallest absolute Gasteiger partial charge is 0.145 e. The first-order chi connectivity index (χ1) is 8.69. The van der Waals surface area contributed by atoms with E-state index in [0.29, 0.717) is 24.4 Å². The highest BCUT2D eigenvalue weighted by molar-refractivity contribution is 5.83. The summed E-state index contributed by atoms with van der Waals surface area (Å²) in [7, 11) is 1.55. The minimum Gasteiger partial charge on any atom is -0.494 e. The molecule has 0 aliphatic carbocycles. The number of hydrogen-bond donors (Lipinski definition) is 0. The summed E-state index contributed by atoms with van der Waals surface area (Å²) < 4.78 is 18.5. The Kier molecular flexibility index (Phi) is 2.73. The summed E-state index contributed by atoms with van der Waals surface area (Å²) in [5.74, 6) is 0.608. The lowest BCUT2D eigenvalue weighted by atomic mass is 10.0. The van der Waals surface area contributed by atoms with Gasteiger partial charge in [0.25, 0.3) is 0 Å². The molecule has 4 heteroatoms. The van der Waals surface area contributed by atoms with Gasteiger partial charge in [-0.2, -0.15) is 0 Å². The standard InChI is InChI=1S/C14H16FNO2/c1-18-14-6-9(15)2-5-13(14)16-10-3-4-11(16)8-12(17)7-10/h2,5-6,10-11H,3-4,7-8H2,1H3. The first kappa shape index (κ1) is 11.5. The van der Waals surface area contributed by atoms with Crippen LogP contribution in [-0.4, -0.2) is 25.0 Å². The highest BCUT2D eigenvalue weighted by atomic mass is 19.1. The van der Waals surface area contributed by atoms with Gasteiger partial charge >= 0.3 is 0 Å². The van der Waals surface area contributed by atoms with Crippen molar-refractivity contribution in [3.05, 3.63) is 24.0 Å². The largest absolute Gasteiger partial charge is 0.494 e. The van der Waals surface area contributed by atoms with Crippen molar-refractivity contribution in [3.63, 3.8) is 0 Å². The van der Waals surface area contributed by atoms with Crippen LogP contribution in [0.1, 0.15) is 25.7 Å². The summed E-state index contributed by atoms with van der Waals surface area (Å²) in [5, 5.41) is 0. The van der Waals surface area contributed by atoms with Crippen molar-refractivity contribution < 1.29 is 13.9 Å².